The zero-order valence-electron chi connectivity index (χ0n) is 9.92. The van der Waals surface area contributed by atoms with Gasteiger partial charge in [-0.05, 0) is 35.0 Å². The number of hydrogen-bond acceptors (Lipinski definition) is 4. The van der Waals surface area contributed by atoms with Crippen LogP contribution in [-0.2, 0) is 16.0 Å². The molecule has 0 saturated heterocycles. The first-order chi connectivity index (χ1) is 9.08. The Morgan fingerprint density at radius 3 is 2.95 bits per heavy atom. The van der Waals surface area contributed by atoms with Crippen LogP contribution in [0.2, 0.25) is 0 Å². The lowest BCUT2D eigenvalue weighted by atomic mass is 10.1. The third-order valence-corrected chi connectivity index (χ3v) is 3.50. The molecular weight excluding hydrogens is 334 g/mol. The highest BCUT2D eigenvalue weighted by molar-refractivity contribution is 9.10. The van der Waals surface area contributed by atoms with Gasteiger partial charge in [-0.3, -0.25) is 0 Å². The third-order valence-electron chi connectivity index (χ3n) is 2.55. The number of rotatable bonds is 3. The maximum Gasteiger partial charge on any atom is 0.340 e. The summed E-state index contributed by atoms with van der Waals surface area (Å²) in [6, 6.07) is 3.10. The second-order valence-corrected chi connectivity index (χ2v) is 4.95. The van der Waals surface area contributed by atoms with Gasteiger partial charge in [0.15, 0.2) is 0 Å². The SMILES string of the molecule is CCOC(=O)c1cn(C=S=O)c2cc(Br)c(O)cc12. The average Bonchev–Trinajstić information content (AvgIpc) is 2.70. The normalized spacial score (nSPS) is 10.4. The molecule has 0 unspecified atom stereocenters. The number of carbonyl (C=O) groups is 1. The summed E-state index contributed by atoms with van der Waals surface area (Å²) in [7, 11) is 0. The summed E-state index contributed by atoms with van der Waals surface area (Å²) in [6.45, 7) is 1.97. The van der Waals surface area contributed by atoms with Crippen LogP contribution in [0.15, 0.2) is 22.8 Å². The molecule has 7 heteroatoms. The first-order valence-corrected chi connectivity index (χ1v) is 7.00. The lowest BCUT2D eigenvalue weighted by molar-refractivity contribution is 0.0528. The van der Waals surface area contributed by atoms with Gasteiger partial charge in [-0.15, -0.1) is 0 Å². The second kappa shape index (κ2) is 5.58. The minimum Gasteiger partial charge on any atom is -0.507 e. The molecule has 2 rings (SSSR count). The van der Waals surface area contributed by atoms with Crippen molar-refractivity contribution < 1.29 is 18.8 Å². The van der Waals surface area contributed by atoms with Crippen LogP contribution in [0.1, 0.15) is 17.3 Å². The monoisotopic (exact) mass is 343 g/mol. The minimum absolute atomic E-state index is 0.0191. The van der Waals surface area contributed by atoms with E-state index in [4.69, 9.17) is 4.74 Å². The fraction of sp³-hybridized carbons (Fsp3) is 0.167. The van der Waals surface area contributed by atoms with E-state index in [1.807, 2.05) is 0 Å². The van der Waals surface area contributed by atoms with E-state index < -0.39 is 5.97 Å². The molecule has 1 aromatic carbocycles. The Bertz CT molecular complexity index is 703. The summed E-state index contributed by atoms with van der Waals surface area (Å²) < 4.78 is 17.6. The zero-order valence-corrected chi connectivity index (χ0v) is 12.3. The number of aromatic nitrogens is 1. The number of esters is 1. The highest BCUT2D eigenvalue weighted by Gasteiger charge is 2.17. The quantitative estimate of drug-likeness (QED) is 0.684. The van der Waals surface area contributed by atoms with Crippen LogP contribution in [0.4, 0.5) is 0 Å². The number of nitrogens with zero attached hydrogens (tertiary/aromatic N) is 1. The highest BCUT2D eigenvalue weighted by atomic mass is 79.9. The first kappa shape index (κ1) is 13.8. The van der Waals surface area contributed by atoms with Crippen molar-refractivity contribution in [2.75, 3.05) is 6.61 Å². The molecule has 0 spiro atoms. The van der Waals surface area contributed by atoms with Gasteiger partial charge in [0, 0.05) is 11.6 Å². The molecule has 1 aromatic heterocycles. The molecule has 0 atom stereocenters. The summed E-state index contributed by atoms with van der Waals surface area (Å²) in [5.41, 5.74) is 2.27. The number of benzene rings is 1. The molecule has 100 valence electrons. The van der Waals surface area contributed by atoms with Crippen LogP contribution in [0.5, 0.6) is 5.75 Å². The lowest BCUT2D eigenvalue weighted by Crippen LogP contribution is -2.03. The molecule has 0 aliphatic rings. The molecule has 19 heavy (non-hydrogen) atoms. The Kier molecular flexibility index (Phi) is 4.06. The predicted molar refractivity (Wildman–Crippen MR) is 76.9 cm³/mol. The molecule has 0 amide bonds. The number of ether oxygens (including phenoxy) is 1. The molecule has 5 nitrogen and oxygen atoms in total. The molecule has 0 bridgehead atoms. The Morgan fingerprint density at radius 1 is 1.58 bits per heavy atom. The van der Waals surface area contributed by atoms with Gasteiger partial charge in [0.25, 0.3) is 0 Å². The smallest absolute Gasteiger partial charge is 0.340 e. The average molecular weight is 344 g/mol. The van der Waals surface area contributed by atoms with Gasteiger partial charge in [0.2, 0.25) is 0 Å². The molecule has 0 saturated carbocycles. The second-order valence-electron chi connectivity index (χ2n) is 3.69. The van der Waals surface area contributed by atoms with Crippen molar-refractivity contribution in [1.82, 2.24) is 4.57 Å². The summed E-state index contributed by atoms with van der Waals surface area (Å²) in [4.78, 5) is 11.8. The minimum atomic E-state index is -0.489. The molecule has 1 heterocycles. The van der Waals surface area contributed by atoms with Crippen LogP contribution in [0, 0.1) is 0 Å². The fourth-order valence-corrected chi connectivity index (χ4v) is 2.36. The van der Waals surface area contributed by atoms with E-state index >= 15 is 0 Å². The van der Waals surface area contributed by atoms with Crippen LogP contribution in [-0.4, -0.2) is 32.0 Å². The topological polar surface area (TPSA) is 68.5 Å². The Labute approximate surface area is 121 Å². The number of aromatic hydroxyl groups is 1. The van der Waals surface area contributed by atoms with Crippen molar-refractivity contribution in [2.45, 2.75) is 6.92 Å². The summed E-state index contributed by atoms with van der Waals surface area (Å²) in [5, 5.41) is 10.2. The molecule has 0 aliphatic heterocycles. The number of halogens is 1. The van der Waals surface area contributed by atoms with Crippen LogP contribution >= 0.6 is 15.9 Å². The Morgan fingerprint density at radius 2 is 2.32 bits per heavy atom. The largest absolute Gasteiger partial charge is 0.507 e. The number of hydrogen-bond donors (Lipinski definition) is 1. The van der Waals surface area contributed by atoms with Gasteiger partial charge in [-0.2, -0.15) is 0 Å². The van der Waals surface area contributed by atoms with Crippen molar-refractivity contribution in [3.05, 3.63) is 28.4 Å². The molecule has 1 N–H and O–H groups in total. The van der Waals surface area contributed by atoms with Gasteiger partial charge in [0.05, 0.1) is 22.2 Å². The molecule has 0 aliphatic carbocycles. The third kappa shape index (κ3) is 2.57. The van der Waals surface area contributed by atoms with E-state index in [1.165, 1.54) is 22.3 Å². The van der Waals surface area contributed by atoms with Crippen LogP contribution in [0.25, 0.3) is 10.9 Å². The van der Waals surface area contributed by atoms with Crippen molar-refractivity contribution in [3.63, 3.8) is 0 Å². The van der Waals surface area contributed by atoms with E-state index in [0.29, 0.717) is 20.9 Å². The van der Waals surface area contributed by atoms with Crippen molar-refractivity contribution in [2.24, 2.45) is 0 Å². The summed E-state index contributed by atoms with van der Waals surface area (Å²) >= 11 is 3.48. The first-order valence-electron chi connectivity index (χ1n) is 5.40. The molecular formula is C12H10BrNO4S. The van der Waals surface area contributed by atoms with Crippen molar-refractivity contribution >= 4 is 49.5 Å². The van der Waals surface area contributed by atoms with Gasteiger partial charge in [-0.1, -0.05) is 0 Å². The van der Waals surface area contributed by atoms with E-state index in [1.54, 1.807) is 13.0 Å². The standard InChI is InChI=1S/C12H10BrNO4S/c1-2-18-12(16)8-5-14(6-19-17)10-4-9(13)11(15)3-7(8)10/h3-6,15H,2H2,1H3. The molecule has 2 aromatic rings. The molecule has 0 radical (unpaired) electrons. The zero-order chi connectivity index (χ0) is 14.0. The van der Waals surface area contributed by atoms with Gasteiger partial charge >= 0.3 is 5.97 Å². The maximum absolute atomic E-state index is 11.8. The van der Waals surface area contributed by atoms with E-state index in [9.17, 15) is 14.1 Å². The van der Waals surface area contributed by atoms with E-state index in [-0.39, 0.29) is 23.6 Å². The van der Waals surface area contributed by atoms with E-state index in [0.717, 1.165) is 0 Å². The van der Waals surface area contributed by atoms with E-state index in [2.05, 4.69) is 15.9 Å². The Hall–Kier alpha value is -1.60. The number of fused-ring (bicyclic) bond motifs is 1. The van der Waals surface area contributed by atoms with Gasteiger partial charge < -0.3 is 14.4 Å². The number of carbonyl (C=O) groups excluding carboxylic acids is 1. The van der Waals surface area contributed by atoms with Crippen molar-refractivity contribution in [3.8, 4) is 5.75 Å². The number of phenolic OH excluding ortho intramolecular Hbond substituents is 1. The Balaban J connectivity index is 2.74. The summed E-state index contributed by atoms with van der Waals surface area (Å²) in [6.07, 6.45) is 1.51. The van der Waals surface area contributed by atoms with Gasteiger partial charge in [0.1, 0.15) is 22.5 Å². The summed E-state index contributed by atoms with van der Waals surface area (Å²) in [5.74, 6) is -0.470. The fourth-order valence-electron chi connectivity index (χ4n) is 1.76. The van der Waals surface area contributed by atoms with Gasteiger partial charge in [-0.25, -0.2) is 9.00 Å². The molecule has 0 fully saturated rings. The van der Waals surface area contributed by atoms with Crippen molar-refractivity contribution in [1.29, 1.82) is 0 Å². The van der Waals surface area contributed by atoms with Crippen LogP contribution in [0.3, 0.4) is 0 Å². The predicted octanol–water partition coefficient (Wildman–Crippen LogP) is 2.11. The number of phenols is 1. The lowest BCUT2D eigenvalue weighted by Gasteiger charge is -2.01. The maximum atomic E-state index is 11.8. The highest BCUT2D eigenvalue weighted by Crippen LogP contribution is 2.32. The van der Waals surface area contributed by atoms with Crippen LogP contribution < -0.4 is 0 Å².